The maximum atomic E-state index is 5.83. The lowest BCUT2D eigenvalue weighted by Gasteiger charge is -2.09. The second-order valence-electron chi connectivity index (χ2n) is 3.80. The van der Waals surface area contributed by atoms with Crippen molar-refractivity contribution in [3.63, 3.8) is 0 Å². The summed E-state index contributed by atoms with van der Waals surface area (Å²) in [4.78, 5) is 3.37. The average Bonchev–Trinajstić information content (AvgIpc) is 2.62. The van der Waals surface area contributed by atoms with Gasteiger partial charge in [-0.25, -0.2) is 0 Å². The molecule has 0 saturated carbocycles. The first kappa shape index (κ1) is 13.9. The molecule has 5 heteroatoms. The van der Waals surface area contributed by atoms with Gasteiger partial charge in [0.2, 0.25) is 0 Å². The lowest BCUT2D eigenvalue weighted by Crippen LogP contribution is -2.22. The molecule has 92 valence electrons. The monoisotopic (exact) mass is 262 g/mol. The van der Waals surface area contributed by atoms with E-state index in [4.69, 9.17) is 16.3 Å². The van der Waals surface area contributed by atoms with Gasteiger partial charge in [-0.15, -0.1) is 11.3 Å². The van der Waals surface area contributed by atoms with Crippen molar-refractivity contribution in [2.24, 2.45) is 0 Å². The Morgan fingerprint density at radius 1 is 1.38 bits per heavy atom. The molecule has 0 atom stereocenters. The zero-order valence-corrected chi connectivity index (χ0v) is 11.4. The summed E-state index contributed by atoms with van der Waals surface area (Å²) < 4.78 is 6.31. The highest BCUT2D eigenvalue weighted by Gasteiger charge is 1.97. The highest BCUT2D eigenvalue weighted by Crippen LogP contribution is 2.20. The minimum absolute atomic E-state index is 0.757. The first-order chi connectivity index (χ1) is 7.68. The van der Waals surface area contributed by atoms with Gasteiger partial charge in [0, 0.05) is 24.5 Å². The second kappa shape index (κ2) is 8.03. The highest BCUT2D eigenvalue weighted by molar-refractivity contribution is 7.16. The van der Waals surface area contributed by atoms with Crippen LogP contribution in [0.4, 0.5) is 0 Å². The summed E-state index contributed by atoms with van der Waals surface area (Å²) in [6, 6.07) is 3.98. The summed E-state index contributed by atoms with van der Waals surface area (Å²) in [5.41, 5.74) is 0. The van der Waals surface area contributed by atoms with Crippen LogP contribution in [-0.2, 0) is 11.3 Å². The van der Waals surface area contributed by atoms with E-state index in [2.05, 4.69) is 10.2 Å². The van der Waals surface area contributed by atoms with Crippen LogP contribution in [-0.4, -0.2) is 45.3 Å². The van der Waals surface area contributed by atoms with Crippen LogP contribution in [0.1, 0.15) is 4.88 Å². The van der Waals surface area contributed by atoms with Crippen LogP contribution in [0.15, 0.2) is 12.1 Å². The van der Waals surface area contributed by atoms with Gasteiger partial charge < -0.3 is 15.0 Å². The molecule has 3 nitrogen and oxygen atoms in total. The van der Waals surface area contributed by atoms with E-state index in [-0.39, 0.29) is 0 Å². The maximum absolute atomic E-state index is 5.83. The molecule has 16 heavy (non-hydrogen) atoms. The number of nitrogens with zero attached hydrogens (tertiary/aromatic N) is 1. The SMILES string of the molecule is CN(C)CCOCCNCc1ccc(Cl)s1. The van der Waals surface area contributed by atoms with E-state index in [1.165, 1.54) is 4.88 Å². The fourth-order valence-corrected chi connectivity index (χ4v) is 2.21. The molecule has 1 rings (SSSR count). The molecule has 0 saturated heterocycles. The van der Waals surface area contributed by atoms with Crippen molar-refractivity contribution in [3.8, 4) is 0 Å². The molecule has 0 aliphatic heterocycles. The van der Waals surface area contributed by atoms with Crippen molar-refractivity contribution in [2.75, 3.05) is 40.4 Å². The largest absolute Gasteiger partial charge is 0.379 e. The van der Waals surface area contributed by atoms with Crippen LogP contribution in [0.25, 0.3) is 0 Å². The first-order valence-corrected chi connectivity index (χ1v) is 6.55. The molecule has 0 aromatic carbocycles. The van der Waals surface area contributed by atoms with Gasteiger partial charge in [-0.05, 0) is 26.2 Å². The lowest BCUT2D eigenvalue weighted by molar-refractivity contribution is 0.119. The first-order valence-electron chi connectivity index (χ1n) is 5.36. The van der Waals surface area contributed by atoms with Crippen molar-refractivity contribution in [3.05, 3.63) is 21.3 Å². The smallest absolute Gasteiger partial charge is 0.0931 e. The zero-order chi connectivity index (χ0) is 11.8. The Morgan fingerprint density at radius 2 is 2.19 bits per heavy atom. The molecule has 1 aromatic heterocycles. The summed E-state index contributed by atoms with van der Waals surface area (Å²) in [6.45, 7) is 4.27. The Morgan fingerprint density at radius 3 is 2.81 bits per heavy atom. The third-order valence-corrected chi connectivity index (χ3v) is 3.27. The van der Waals surface area contributed by atoms with Gasteiger partial charge in [-0.1, -0.05) is 11.6 Å². The number of ether oxygens (including phenoxy) is 1. The van der Waals surface area contributed by atoms with E-state index in [0.29, 0.717) is 0 Å². The van der Waals surface area contributed by atoms with Crippen molar-refractivity contribution >= 4 is 22.9 Å². The van der Waals surface area contributed by atoms with E-state index in [9.17, 15) is 0 Å². The Hall–Kier alpha value is -0.130. The Kier molecular flexibility index (Phi) is 7.00. The van der Waals surface area contributed by atoms with Gasteiger partial charge in [0.25, 0.3) is 0 Å². The number of thiophene rings is 1. The van der Waals surface area contributed by atoms with Gasteiger partial charge in [0.05, 0.1) is 17.6 Å². The molecule has 0 aliphatic rings. The molecule has 0 spiro atoms. The topological polar surface area (TPSA) is 24.5 Å². The van der Waals surface area contributed by atoms with Crippen LogP contribution in [0.5, 0.6) is 0 Å². The van der Waals surface area contributed by atoms with Gasteiger partial charge in [-0.2, -0.15) is 0 Å². The molecule has 0 unspecified atom stereocenters. The molecule has 1 N–H and O–H groups in total. The van der Waals surface area contributed by atoms with E-state index in [0.717, 1.165) is 37.2 Å². The van der Waals surface area contributed by atoms with E-state index < -0.39 is 0 Å². The van der Waals surface area contributed by atoms with Crippen LogP contribution in [0.3, 0.4) is 0 Å². The number of rotatable bonds is 8. The lowest BCUT2D eigenvalue weighted by atomic mass is 10.4. The van der Waals surface area contributed by atoms with Crippen molar-refractivity contribution in [2.45, 2.75) is 6.54 Å². The van der Waals surface area contributed by atoms with Crippen LogP contribution >= 0.6 is 22.9 Å². The van der Waals surface area contributed by atoms with E-state index in [1.54, 1.807) is 11.3 Å². The predicted octanol–water partition coefficient (Wildman–Crippen LogP) is 2.07. The minimum Gasteiger partial charge on any atom is -0.379 e. The molecule has 0 fully saturated rings. The Labute approximate surface area is 106 Å². The van der Waals surface area contributed by atoms with E-state index in [1.807, 2.05) is 26.2 Å². The summed E-state index contributed by atoms with van der Waals surface area (Å²) in [6.07, 6.45) is 0. The molecule has 0 amide bonds. The standard InChI is InChI=1S/C11H19ClN2OS/c1-14(2)6-8-15-7-5-13-9-10-3-4-11(12)16-10/h3-4,13H,5-9H2,1-2H3. The molecular formula is C11H19ClN2OS. The summed E-state index contributed by atoms with van der Waals surface area (Å²) in [5.74, 6) is 0. The van der Waals surface area contributed by atoms with Gasteiger partial charge in [-0.3, -0.25) is 0 Å². The molecule has 0 aliphatic carbocycles. The van der Waals surface area contributed by atoms with Crippen molar-refractivity contribution < 1.29 is 4.74 Å². The van der Waals surface area contributed by atoms with Crippen LogP contribution < -0.4 is 5.32 Å². The number of hydrogen-bond donors (Lipinski definition) is 1. The normalized spacial score (nSPS) is 11.2. The fraction of sp³-hybridized carbons (Fsp3) is 0.636. The molecule has 1 heterocycles. The van der Waals surface area contributed by atoms with Crippen LogP contribution in [0, 0.1) is 0 Å². The zero-order valence-electron chi connectivity index (χ0n) is 9.83. The fourth-order valence-electron chi connectivity index (χ4n) is 1.15. The number of hydrogen-bond acceptors (Lipinski definition) is 4. The minimum atomic E-state index is 0.757. The Balaban J connectivity index is 1.92. The predicted molar refractivity (Wildman–Crippen MR) is 70.4 cm³/mol. The maximum Gasteiger partial charge on any atom is 0.0931 e. The average molecular weight is 263 g/mol. The molecule has 0 bridgehead atoms. The highest BCUT2D eigenvalue weighted by atomic mass is 35.5. The summed E-state index contributed by atoms with van der Waals surface area (Å²) >= 11 is 7.45. The van der Waals surface area contributed by atoms with Crippen molar-refractivity contribution in [1.29, 1.82) is 0 Å². The van der Waals surface area contributed by atoms with E-state index >= 15 is 0 Å². The van der Waals surface area contributed by atoms with Gasteiger partial charge >= 0.3 is 0 Å². The summed E-state index contributed by atoms with van der Waals surface area (Å²) in [5, 5.41) is 3.32. The number of likely N-dealkylation sites (N-methyl/N-ethyl adjacent to an activating group) is 1. The van der Waals surface area contributed by atoms with Crippen molar-refractivity contribution in [1.82, 2.24) is 10.2 Å². The molecule has 0 radical (unpaired) electrons. The molecular weight excluding hydrogens is 244 g/mol. The number of halogens is 1. The summed E-state index contributed by atoms with van der Waals surface area (Å²) in [7, 11) is 4.09. The third kappa shape index (κ3) is 6.45. The Bertz CT molecular complexity index is 291. The third-order valence-electron chi connectivity index (χ3n) is 2.03. The number of nitrogens with one attached hydrogen (secondary N) is 1. The second-order valence-corrected chi connectivity index (χ2v) is 5.60. The van der Waals surface area contributed by atoms with Gasteiger partial charge in [0.15, 0.2) is 0 Å². The van der Waals surface area contributed by atoms with Crippen LogP contribution in [0.2, 0.25) is 4.34 Å². The molecule has 1 aromatic rings. The van der Waals surface area contributed by atoms with Gasteiger partial charge in [0.1, 0.15) is 0 Å². The quantitative estimate of drug-likeness (QED) is 0.726.